The number of rotatable bonds is 10. The van der Waals surface area contributed by atoms with Gasteiger partial charge in [-0.15, -0.1) is 0 Å². The van der Waals surface area contributed by atoms with Crippen LogP contribution in [0.2, 0.25) is 0 Å². The van der Waals surface area contributed by atoms with Crippen LogP contribution in [0, 0.1) is 5.41 Å². The highest BCUT2D eigenvalue weighted by molar-refractivity contribution is 5.89. The van der Waals surface area contributed by atoms with E-state index in [1.807, 2.05) is 0 Å². The molecule has 0 aliphatic carbocycles. The Kier molecular flexibility index (Phi) is 7.70. The van der Waals surface area contributed by atoms with Crippen molar-refractivity contribution in [3.63, 3.8) is 0 Å². The first-order chi connectivity index (χ1) is 15.1. The third kappa shape index (κ3) is 5.55. The number of ether oxygens (including phenoxy) is 1. The van der Waals surface area contributed by atoms with Gasteiger partial charge in [0, 0.05) is 12.1 Å². The fourth-order valence-corrected chi connectivity index (χ4v) is 4.22. The first-order valence-corrected chi connectivity index (χ1v) is 11.4. The average molecular weight is 451 g/mol. The largest absolute Gasteiger partial charge is 0.493 e. The summed E-state index contributed by atoms with van der Waals surface area (Å²) in [6.45, 7) is 5.77. The number of hydrogen-bond acceptors (Lipinski definition) is 3. The van der Waals surface area contributed by atoms with Crippen molar-refractivity contribution in [2.45, 2.75) is 71.5 Å². The molecule has 176 valence electrons. The molecule has 2 aromatic carbocycles. The van der Waals surface area contributed by atoms with Crippen LogP contribution in [0.25, 0.3) is 10.8 Å². The molecule has 1 amide bonds. The van der Waals surface area contributed by atoms with E-state index in [1.54, 1.807) is 50.2 Å². The minimum absolute atomic E-state index is 0.0455. The third-order valence-corrected chi connectivity index (χ3v) is 6.01. The summed E-state index contributed by atoms with van der Waals surface area (Å²) in [5, 5.41) is 2.20. The summed E-state index contributed by atoms with van der Waals surface area (Å²) < 4.78 is 49.3. The van der Waals surface area contributed by atoms with E-state index < -0.39 is 23.5 Å². The second-order valence-electron chi connectivity index (χ2n) is 9.21. The molecule has 0 saturated carbocycles. The molecule has 3 rings (SSSR count). The number of hydrazine groups is 1. The van der Waals surface area contributed by atoms with E-state index in [-0.39, 0.29) is 17.9 Å². The van der Waals surface area contributed by atoms with Gasteiger partial charge in [-0.05, 0) is 37.1 Å². The van der Waals surface area contributed by atoms with Gasteiger partial charge in [-0.1, -0.05) is 69.4 Å². The minimum atomic E-state index is -4.60. The predicted molar refractivity (Wildman–Crippen MR) is 120 cm³/mol. The summed E-state index contributed by atoms with van der Waals surface area (Å²) in [6.07, 6.45) is 1.80. The Hall–Kier alpha value is -2.28. The number of alkyl halides is 3. The molecule has 7 heteroatoms. The Morgan fingerprint density at radius 3 is 2.41 bits per heavy atom. The number of benzene rings is 2. The van der Waals surface area contributed by atoms with Crippen LogP contribution in [0.15, 0.2) is 36.4 Å². The lowest BCUT2D eigenvalue weighted by molar-refractivity contribution is -0.191. The summed E-state index contributed by atoms with van der Waals surface area (Å²) in [6, 6.07) is 8.40. The first kappa shape index (κ1) is 24.4. The molecule has 0 spiro atoms. The maximum Gasteiger partial charge on any atom is 0.410 e. The lowest BCUT2D eigenvalue weighted by Gasteiger charge is -2.32. The van der Waals surface area contributed by atoms with Gasteiger partial charge in [-0.25, -0.2) is 5.01 Å². The zero-order chi connectivity index (χ0) is 23.4. The van der Waals surface area contributed by atoms with Crippen molar-refractivity contribution in [2.75, 3.05) is 13.2 Å². The van der Waals surface area contributed by atoms with Gasteiger partial charge in [0.15, 0.2) is 6.04 Å². The Labute approximate surface area is 188 Å². The van der Waals surface area contributed by atoms with Crippen LogP contribution in [0.3, 0.4) is 0 Å². The van der Waals surface area contributed by atoms with Crippen LogP contribution in [-0.2, 0) is 4.79 Å². The number of unbranched alkanes of at least 4 members (excludes halogenated alkanes) is 5. The zero-order valence-corrected chi connectivity index (χ0v) is 19.1. The summed E-state index contributed by atoms with van der Waals surface area (Å²) >= 11 is 0. The van der Waals surface area contributed by atoms with Crippen molar-refractivity contribution >= 4 is 16.7 Å². The molecule has 1 fully saturated rings. The minimum Gasteiger partial charge on any atom is -0.493 e. The Morgan fingerprint density at radius 2 is 1.75 bits per heavy atom. The fraction of sp³-hybridized carbons (Fsp3) is 0.560. The number of amides is 1. The van der Waals surface area contributed by atoms with Gasteiger partial charge >= 0.3 is 6.18 Å². The highest BCUT2D eigenvalue weighted by Crippen LogP contribution is 2.46. The molecule has 2 aromatic rings. The van der Waals surface area contributed by atoms with Gasteiger partial charge in [0.05, 0.1) is 12.0 Å². The molecule has 32 heavy (non-hydrogen) atoms. The van der Waals surface area contributed by atoms with E-state index >= 15 is 0 Å². The van der Waals surface area contributed by atoms with Crippen LogP contribution >= 0.6 is 0 Å². The molecule has 1 saturated heterocycles. The number of carbonyl (C=O) groups excluding carboxylic acids is 1. The van der Waals surface area contributed by atoms with Crippen LogP contribution < -0.4 is 10.2 Å². The number of nitrogens with one attached hydrogen (secondary N) is 1. The van der Waals surface area contributed by atoms with Crippen LogP contribution in [0.4, 0.5) is 13.2 Å². The third-order valence-electron chi connectivity index (χ3n) is 6.01. The average Bonchev–Trinajstić information content (AvgIpc) is 2.99. The highest BCUT2D eigenvalue weighted by atomic mass is 19.4. The van der Waals surface area contributed by atoms with Crippen LogP contribution in [0.1, 0.15) is 70.9 Å². The fourth-order valence-electron chi connectivity index (χ4n) is 4.22. The highest BCUT2D eigenvalue weighted by Gasteiger charge is 2.52. The van der Waals surface area contributed by atoms with E-state index in [9.17, 15) is 18.0 Å². The van der Waals surface area contributed by atoms with Crippen molar-refractivity contribution in [3.05, 3.63) is 42.0 Å². The van der Waals surface area contributed by atoms with E-state index in [4.69, 9.17) is 4.74 Å². The van der Waals surface area contributed by atoms with Gasteiger partial charge in [-0.2, -0.15) is 13.2 Å². The lowest BCUT2D eigenvalue weighted by Crippen LogP contribution is -2.43. The normalized spacial score (nSPS) is 17.5. The SMILES string of the molecule is CCCCCCCCOc1ccc2ccccc2c1C(N1CC(C)(C)C(=O)N1)C(F)(F)F. The Bertz CT molecular complexity index is 927. The topological polar surface area (TPSA) is 41.6 Å². The second kappa shape index (κ2) is 10.1. The van der Waals surface area contributed by atoms with Crippen LogP contribution in [0.5, 0.6) is 5.75 Å². The van der Waals surface area contributed by atoms with Gasteiger partial charge in [-0.3, -0.25) is 10.2 Å². The molecule has 0 aromatic heterocycles. The van der Waals surface area contributed by atoms with E-state index in [2.05, 4.69) is 12.3 Å². The second-order valence-corrected chi connectivity index (χ2v) is 9.21. The molecular weight excluding hydrogens is 417 g/mol. The monoisotopic (exact) mass is 450 g/mol. The maximum absolute atomic E-state index is 14.5. The molecule has 1 atom stereocenters. The van der Waals surface area contributed by atoms with Crippen molar-refractivity contribution in [3.8, 4) is 5.75 Å². The van der Waals surface area contributed by atoms with Crippen LogP contribution in [-0.4, -0.2) is 30.2 Å². The molecule has 1 aliphatic rings. The van der Waals surface area contributed by atoms with E-state index in [0.717, 1.165) is 30.7 Å². The van der Waals surface area contributed by atoms with Crippen molar-refractivity contribution in [1.82, 2.24) is 10.4 Å². The molecular formula is C25H33F3N2O2. The molecule has 1 unspecified atom stereocenters. The Balaban J connectivity index is 1.92. The molecule has 1 aliphatic heterocycles. The lowest BCUT2D eigenvalue weighted by atomic mass is 9.92. The van der Waals surface area contributed by atoms with Gasteiger partial charge < -0.3 is 4.74 Å². The predicted octanol–water partition coefficient (Wildman–Crippen LogP) is 6.56. The number of nitrogens with zero attached hydrogens (tertiary/aromatic N) is 1. The van der Waals surface area contributed by atoms with E-state index in [1.165, 1.54) is 12.8 Å². The standard InChI is InChI=1S/C25H33F3N2O2/c1-4-5-6-7-8-11-16-32-20-15-14-18-12-9-10-13-19(18)21(20)22(25(26,27)28)30-17-24(2,3)23(31)29-30/h9-10,12-15,22H,4-8,11,16-17H2,1-3H3,(H,29,31). The zero-order valence-electron chi connectivity index (χ0n) is 19.1. The van der Waals surface area contributed by atoms with Crippen molar-refractivity contribution in [1.29, 1.82) is 0 Å². The molecule has 0 radical (unpaired) electrons. The smallest absolute Gasteiger partial charge is 0.410 e. The van der Waals surface area contributed by atoms with E-state index in [0.29, 0.717) is 17.4 Å². The van der Waals surface area contributed by atoms with Gasteiger partial charge in [0.2, 0.25) is 5.91 Å². The maximum atomic E-state index is 14.5. The molecule has 4 nitrogen and oxygen atoms in total. The summed E-state index contributed by atoms with van der Waals surface area (Å²) in [4.78, 5) is 12.3. The van der Waals surface area contributed by atoms with Gasteiger partial charge in [0.1, 0.15) is 5.75 Å². The number of hydrogen-bond donors (Lipinski definition) is 1. The summed E-state index contributed by atoms with van der Waals surface area (Å²) in [7, 11) is 0. The summed E-state index contributed by atoms with van der Waals surface area (Å²) in [5.74, 6) is -0.194. The van der Waals surface area contributed by atoms with Crippen molar-refractivity contribution < 1.29 is 22.7 Å². The van der Waals surface area contributed by atoms with Crippen molar-refractivity contribution in [2.24, 2.45) is 5.41 Å². The summed E-state index contributed by atoms with van der Waals surface area (Å²) in [5.41, 5.74) is 1.60. The van der Waals surface area contributed by atoms with Gasteiger partial charge in [0.25, 0.3) is 0 Å². The number of fused-ring (bicyclic) bond motifs is 1. The first-order valence-electron chi connectivity index (χ1n) is 11.4. The Morgan fingerprint density at radius 1 is 1.06 bits per heavy atom. The number of halogens is 3. The quantitative estimate of drug-likeness (QED) is 0.417. The molecule has 1 N–H and O–H groups in total. The molecule has 0 bridgehead atoms. The number of carbonyl (C=O) groups is 1. The molecule has 1 heterocycles.